The Labute approximate surface area is 113 Å². The number of phenols is 1. The molecule has 1 N–H and O–H groups in total. The van der Waals surface area contributed by atoms with Crippen LogP contribution < -0.4 is 0 Å². The number of aryl methyl sites for hydroxylation is 1. The van der Waals surface area contributed by atoms with E-state index in [9.17, 15) is 9.90 Å². The molecule has 0 amide bonds. The van der Waals surface area contributed by atoms with Crippen LogP contribution in [-0.4, -0.2) is 10.9 Å². The third kappa shape index (κ3) is 2.39. The molecule has 0 saturated heterocycles. The normalized spacial score (nSPS) is 16.8. The van der Waals surface area contributed by atoms with Gasteiger partial charge in [-0.1, -0.05) is 30.9 Å². The number of hydrogen-bond acceptors (Lipinski definition) is 2. The van der Waals surface area contributed by atoms with Gasteiger partial charge in [-0.25, -0.2) is 0 Å². The maximum atomic E-state index is 12.5. The second kappa shape index (κ2) is 5.31. The van der Waals surface area contributed by atoms with Gasteiger partial charge in [-0.2, -0.15) is 0 Å². The Morgan fingerprint density at radius 3 is 2.50 bits per heavy atom. The van der Waals surface area contributed by atoms with Gasteiger partial charge in [0.05, 0.1) is 5.56 Å². The Bertz CT molecular complexity index is 448. The van der Waals surface area contributed by atoms with Crippen LogP contribution in [0.2, 0.25) is 5.02 Å². The standard InChI is InChI=1S/C15H19ClO2/c1-9-8-12(16)10(2)13(14(9)17)15(18)11-6-4-3-5-7-11/h8,11,17H,3-7H2,1-2H3. The smallest absolute Gasteiger partial charge is 0.169 e. The molecule has 1 aliphatic rings. The van der Waals surface area contributed by atoms with Crippen LogP contribution in [0.1, 0.15) is 53.6 Å². The molecule has 0 aromatic heterocycles. The highest BCUT2D eigenvalue weighted by Crippen LogP contribution is 2.35. The maximum Gasteiger partial charge on any atom is 0.169 e. The molecule has 0 heterocycles. The van der Waals surface area contributed by atoms with Crippen molar-refractivity contribution in [3.05, 3.63) is 27.8 Å². The minimum absolute atomic E-state index is 0.0567. The minimum Gasteiger partial charge on any atom is -0.507 e. The molecular formula is C15H19ClO2. The molecular weight excluding hydrogens is 248 g/mol. The number of benzene rings is 1. The van der Waals surface area contributed by atoms with Crippen LogP contribution in [0, 0.1) is 19.8 Å². The van der Waals surface area contributed by atoms with E-state index < -0.39 is 0 Å². The Hall–Kier alpha value is -1.02. The zero-order chi connectivity index (χ0) is 13.3. The first kappa shape index (κ1) is 13.4. The summed E-state index contributed by atoms with van der Waals surface area (Å²) >= 11 is 6.11. The molecule has 0 spiro atoms. The number of rotatable bonds is 2. The summed E-state index contributed by atoms with van der Waals surface area (Å²) in [6.07, 6.45) is 5.29. The molecule has 0 atom stereocenters. The van der Waals surface area contributed by atoms with Crippen molar-refractivity contribution >= 4 is 17.4 Å². The van der Waals surface area contributed by atoms with Crippen molar-refractivity contribution in [1.29, 1.82) is 0 Å². The first-order valence-corrected chi connectivity index (χ1v) is 6.93. The lowest BCUT2D eigenvalue weighted by molar-refractivity contribution is 0.0886. The van der Waals surface area contributed by atoms with Crippen molar-refractivity contribution in [3.63, 3.8) is 0 Å². The molecule has 0 unspecified atom stereocenters. The number of carbonyl (C=O) groups excluding carboxylic acids is 1. The van der Waals surface area contributed by atoms with Crippen molar-refractivity contribution in [2.45, 2.75) is 46.0 Å². The highest BCUT2D eigenvalue weighted by atomic mass is 35.5. The molecule has 0 radical (unpaired) electrons. The van der Waals surface area contributed by atoms with Gasteiger partial charge in [-0.15, -0.1) is 0 Å². The van der Waals surface area contributed by atoms with E-state index in [1.807, 2.05) is 0 Å². The van der Waals surface area contributed by atoms with Crippen LogP contribution in [0.25, 0.3) is 0 Å². The summed E-state index contributed by atoms with van der Waals surface area (Å²) < 4.78 is 0. The van der Waals surface area contributed by atoms with Crippen LogP contribution >= 0.6 is 11.6 Å². The number of Topliss-reactive ketones (excluding diaryl/α,β-unsaturated/α-hetero) is 1. The van der Waals surface area contributed by atoms with Crippen molar-refractivity contribution in [2.24, 2.45) is 5.92 Å². The average Bonchev–Trinajstić information content (AvgIpc) is 2.37. The fourth-order valence-corrected chi connectivity index (χ4v) is 2.99. The van der Waals surface area contributed by atoms with Gasteiger partial charge in [-0.05, 0) is 43.9 Å². The number of phenolic OH excluding ortho intramolecular Hbond substituents is 1. The second-order valence-corrected chi connectivity index (χ2v) is 5.63. The summed E-state index contributed by atoms with van der Waals surface area (Å²) in [5, 5.41) is 10.7. The quantitative estimate of drug-likeness (QED) is 0.805. The van der Waals surface area contributed by atoms with E-state index in [1.54, 1.807) is 19.9 Å². The molecule has 1 aromatic rings. The van der Waals surface area contributed by atoms with Crippen molar-refractivity contribution in [3.8, 4) is 5.75 Å². The Balaban J connectivity index is 2.40. The van der Waals surface area contributed by atoms with Crippen LogP contribution in [0.5, 0.6) is 5.75 Å². The lowest BCUT2D eigenvalue weighted by Gasteiger charge is -2.22. The molecule has 2 nitrogen and oxygen atoms in total. The average molecular weight is 267 g/mol. The fraction of sp³-hybridized carbons (Fsp3) is 0.533. The first-order chi connectivity index (χ1) is 8.52. The Morgan fingerprint density at radius 1 is 1.28 bits per heavy atom. The van der Waals surface area contributed by atoms with E-state index in [-0.39, 0.29) is 17.5 Å². The van der Waals surface area contributed by atoms with Gasteiger partial charge in [0.25, 0.3) is 0 Å². The lowest BCUT2D eigenvalue weighted by atomic mass is 9.82. The zero-order valence-electron chi connectivity index (χ0n) is 10.9. The van der Waals surface area contributed by atoms with E-state index >= 15 is 0 Å². The summed E-state index contributed by atoms with van der Waals surface area (Å²) in [6, 6.07) is 1.71. The molecule has 18 heavy (non-hydrogen) atoms. The zero-order valence-corrected chi connectivity index (χ0v) is 11.7. The number of aromatic hydroxyl groups is 1. The molecule has 1 saturated carbocycles. The summed E-state index contributed by atoms with van der Waals surface area (Å²) in [6.45, 7) is 3.58. The monoisotopic (exact) mass is 266 g/mol. The number of halogens is 1. The predicted molar refractivity (Wildman–Crippen MR) is 73.5 cm³/mol. The summed E-state index contributed by atoms with van der Waals surface area (Å²) in [7, 11) is 0. The molecule has 1 aromatic carbocycles. The van der Waals surface area contributed by atoms with Gasteiger partial charge >= 0.3 is 0 Å². The van der Waals surface area contributed by atoms with E-state index in [2.05, 4.69) is 0 Å². The molecule has 98 valence electrons. The number of ketones is 1. The minimum atomic E-state index is 0.0567. The van der Waals surface area contributed by atoms with E-state index in [0.717, 1.165) is 25.7 Å². The topological polar surface area (TPSA) is 37.3 Å². The van der Waals surface area contributed by atoms with Gasteiger partial charge in [0.2, 0.25) is 0 Å². The van der Waals surface area contributed by atoms with Crippen LogP contribution in [0.4, 0.5) is 0 Å². The molecule has 1 aliphatic carbocycles. The maximum absolute atomic E-state index is 12.5. The second-order valence-electron chi connectivity index (χ2n) is 5.22. The Kier molecular flexibility index (Phi) is 3.96. The first-order valence-electron chi connectivity index (χ1n) is 6.55. The largest absolute Gasteiger partial charge is 0.507 e. The van der Waals surface area contributed by atoms with Gasteiger partial charge in [0.15, 0.2) is 5.78 Å². The number of carbonyl (C=O) groups is 1. The van der Waals surface area contributed by atoms with Crippen molar-refractivity contribution < 1.29 is 9.90 Å². The number of hydrogen-bond donors (Lipinski definition) is 1. The van der Waals surface area contributed by atoms with Gasteiger partial charge in [0.1, 0.15) is 5.75 Å². The molecule has 0 bridgehead atoms. The van der Waals surface area contributed by atoms with Crippen LogP contribution in [-0.2, 0) is 0 Å². The van der Waals surface area contributed by atoms with Gasteiger partial charge in [0, 0.05) is 10.9 Å². The predicted octanol–water partition coefficient (Wildman–Crippen LogP) is 4.43. The fourth-order valence-electron chi connectivity index (χ4n) is 2.73. The van der Waals surface area contributed by atoms with Crippen LogP contribution in [0.3, 0.4) is 0 Å². The summed E-state index contributed by atoms with van der Waals surface area (Å²) in [4.78, 5) is 12.5. The summed E-state index contributed by atoms with van der Waals surface area (Å²) in [5.74, 6) is 0.226. The molecule has 0 aliphatic heterocycles. The van der Waals surface area contributed by atoms with Crippen molar-refractivity contribution in [2.75, 3.05) is 0 Å². The van der Waals surface area contributed by atoms with Crippen LogP contribution in [0.15, 0.2) is 6.07 Å². The van der Waals surface area contributed by atoms with Gasteiger partial charge in [-0.3, -0.25) is 4.79 Å². The van der Waals surface area contributed by atoms with E-state index in [1.165, 1.54) is 6.42 Å². The SMILES string of the molecule is Cc1cc(Cl)c(C)c(C(=O)C2CCCCC2)c1O. The highest BCUT2D eigenvalue weighted by Gasteiger charge is 2.27. The molecule has 3 heteroatoms. The molecule has 1 fully saturated rings. The lowest BCUT2D eigenvalue weighted by Crippen LogP contribution is -2.19. The van der Waals surface area contributed by atoms with E-state index in [4.69, 9.17) is 11.6 Å². The highest BCUT2D eigenvalue weighted by molar-refractivity contribution is 6.32. The third-order valence-corrected chi connectivity index (χ3v) is 4.30. The summed E-state index contributed by atoms with van der Waals surface area (Å²) in [5.41, 5.74) is 1.81. The van der Waals surface area contributed by atoms with Gasteiger partial charge < -0.3 is 5.11 Å². The molecule has 2 rings (SSSR count). The Morgan fingerprint density at radius 2 is 1.89 bits per heavy atom. The third-order valence-electron chi connectivity index (χ3n) is 3.91. The van der Waals surface area contributed by atoms with Crippen molar-refractivity contribution in [1.82, 2.24) is 0 Å². The van der Waals surface area contributed by atoms with E-state index in [0.29, 0.717) is 21.7 Å².